The van der Waals surface area contributed by atoms with Crippen LogP contribution >= 0.6 is 11.3 Å². The van der Waals surface area contributed by atoms with Crippen LogP contribution in [0, 0.1) is 18.3 Å². The third-order valence-electron chi connectivity index (χ3n) is 2.02. The summed E-state index contributed by atoms with van der Waals surface area (Å²) in [7, 11) is 0. The number of aryl methyl sites for hydroxylation is 1. The van der Waals surface area contributed by atoms with Crippen molar-refractivity contribution in [3.63, 3.8) is 0 Å². The van der Waals surface area contributed by atoms with Crippen LogP contribution in [0.25, 0.3) is 0 Å². The molecule has 5 heteroatoms. The molecule has 1 N–H and O–H groups in total. The largest absolute Gasteiger partial charge is 0.347 e. The fourth-order valence-electron chi connectivity index (χ4n) is 1.13. The molecule has 80 valence electrons. The molecule has 1 unspecified atom stereocenters. The van der Waals surface area contributed by atoms with Crippen molar-refractivity contribution in [3.8, 4) is 6.07 Å². The molecule has 0 aliphatic heterocycles. The Bertz CT molecular complexity index is 380. The molecule has 1 aromatic heterocycles. The van der Waals surface area contributed by atoms with Gasteiger partial charge in [-0.2, -0.15) is 5.26 Å². The molecule has 1 rings (SSSR count). The fraction of sp³-hybridized carbons (Fsp3) is 0.500. The zero-order valence-electron chi connectivity index (χ0n) is 8.78. The van der Waals surface area contributed by atoms with E-state index in [1.807, 2.05) is 19.9 Å². The highest BCUT2D eigenvalue weighted by Crippen LogP contribution is 2.08. The first-order chi connectivity index (χ1) is 7.17. The smallest absolute Gasteiger partial charge is 0.271 e. The number of thiazole rings is 1. The molecular formula is C10H13N3OS. The van der Waals surface area contributed by atoms with Crippen LogP contribution < -0.4 is 5.32 Å². The average Bonchev–Trinajstić information content (AvgIpc) is 2.64. The Morgan fingerprint density at radius 3 is 3.00 bits per heavy atom. The Morgan fingerprint density at radius 1 is 1.80 bits per heavy atom. The molecule has 1 amide bonds. The summed E-state index contributed by atoms with van der Waals surface area (Å²) in [6.07, 6.45) is 1.09. The average molecular weight is 223 g/mol. The van der Waals surface area contributed by atoms with Gasteiger partial charge >= 0.3 is 0 Å². The lowest BCUT2D eigenvalue weighted by atomic mass is 10.1. The van der Waals surface area contributed by atoms with Crippen LogP contribution in [-0.4, -0.2) is 16.9 Å². The molecule has 4 nitrogen and oxygen atoms in total. The molecule has 0 aromatic carbocycles. The van der Waals surface area contributed by atoms with Gasteiger partial charge in [0.05, 0.1) is 17.5 Å². The number of aromatic nitrogens is 1. The van der Waals surface area contributed by atoms with Gasteiger partial charge in [0, 0.05) is 11.4 Å². The molecule has 0 bridgehead atoms. The van der Waals surface area contributed by atoms with Crippen molar-refractivity contribution in [2.24, 2.45) is 0 Å². The number of nitrogens with zero attached hydrogens (tertiary/aromatic N) is 2. The molecule has 0 saturated heterocycles. The highest BCUT2D eigenvalue weighted by molar-refractivity contribution is 7.09. The van der Waals surface area contributed by atoms with E-state index in [-0.39, 0.29) is 11.9 Å². The van der Waals surface area contributed by atoms with Gasteiger partial charge in [-0.05, 0) is 13.3 Å². The Morgan fingerprint density at radius 2 is 2.53 bits per heavy atom. The van der Waals surface area contributed by atoms with E-state index >= 15 is 0 Å². The standard InChI is InChI=1S/C10H13N3OS/c1-3-8(4-5-11)13-10(14)9-6-15-7(2)12-9/h6,8H,3-4H2,1-2H3,(H,13,14). The van der Waals surface area contributed by atoms with E-state index < -0.39 is 0 Å². The van der Waals surface area contributed by atoms with Crippen LogP contribution in [0.5, 0.6) is 0 Å². The molecule has 0 radical (unpaired) electrons. The van der Waals surface area contributed by atoms with Crippen LogP contribution in [0.3, 0.4) is 0 Å². The summed E-state index contributed by atoms with van der Waals surface area (Å²) in [5.41, 5.74) is 0.439. The van der Waals surface area contributed by atoms with Gasteiger partial charge in [0.2, 0.25) is 0 Å². The topological polar surface area (TPSA) is 65.8 Å². The SMILES string of the molecule is CCC(CC#N)NC(=O)c1csc(C)n1. The van der Waals surface area contributed by atoms with Gasteiger partial charge in [-0.1, -0.05) is 6.92 Å². The molecule has 1 heterocycles. The Labute approximate surface area is 92.9 Å². The Balaban J connectivity index is 2.59. The summed E-state index contributed by atoms with van der Waals surface area (Å²) in [5, 5.41) is 13.9. The summed E-state index contributed by atoms with van der Waals surface area (Å²) < 4.78 is 0. The number of amides is 1. The summed E-state index contributed by atoms with van der Waals surface area (Å²) in [6, 6.07) is 1.97. The van der Waals surface area contributed by atoms with Crippen molar-refractivity contribution < 1.29 is 4.79 Å². The molecule has 0 spiro atoms. The summed E-state index contributed by atoms with van der Waals surface area (Å²) in [5.74, 6) is -0.193. The van der Waals surface area contributed by atoms with Crippen LogP contribution in [0.4, 0.5) is 0 Å². The molecule has 0 saturated carbocycles. The molecule has 0 fully saturated rings. The molecular weight excluding hydrogens is 210 g/mol. The van der Waals surface area contributed by atoms with Crippen molar-refractivity contribution in [3.05, 3.63) is 16.1 Å². The first kappa shape index (κ1) is 11.7. The maximum Gasteiger partial charge on any atom is 0.271 e. The highest BCUT2D eigenvalue weighted by atomic mass is 32.1. The second-order valence-corrected chi connectivity index (χ2v) is 4.25. The Hall–Kier alpha value is -1.41. The minimum atomic E-state index is -0.193. The minimum Gasteiger partial charge on any atom is -0.347 e. The van der Waals surface area contributed by atoms with Gasteiger partial charge < -0.3 is 5.32 Å². The molecule has 1 aromatic rings. The van der Waals surface area contributed by atoms with E-state index in [0.29, 0.717) is 12.1 Å². The molecule has 1 atom stereocenters. The van der Waals surface area contributed by atoms with E-state index in [1.165, 1.54) is 11.3 Å². The van der Waals surface area contributed by atoms with Gasteiger partial charge in [-0.15, -0.1) is 11.3 Å². The van der Waals surface area contributed by atoms with E-state index in [2.05, 4.69) is 10.3 Å². The summed E-state index contributed by atoms with van der Waals surface area (Å²) >= 11 is 1.44. The van der Waals surface area contributed by atoms with Crippen molar-refractivity contribution in [2.45, 2.75) is 32.7 Å². The summed E-state index contributed by atoms with van der Waals surface area (Å²) in [6.45, 7) is 3.79. The zero-order valence-corrected chi connectivity index (χ0v) is 9.60. The lowest BCUT2D eigenvalue weighted by Gasteiger charge is -2.11. The minimum absolute atomic E-state index is 0.0792. The number of nitrogens with one attached hydrogen (secondary N) is 1. The lowest BCUT2D eigenvalue weighted by Crippen LogP contribution is -2.34. The number of carbonyl (C=O) groups excluding carboxylic acids is 1. The third-order valence-corrected chi connectivity index (χ3v) is 2.79. The van der Waals surface area contributed by atoms with Gasteiger partial charge in [0.1, 0.15) is 5.69 Å². The van der Waals surface area contributed by atoms with Gasteiger partial charge in [0.15, 0.2) is 0 Å². The highest BCUT2D eigenvalue weighted by Gasteiger charge is 2.13. The van der Waals surface area contributed by atoms with Crippen molar-refractivity contribution >= 4 is 17.2 Å². The fourth-order valence-corrected chi connectivity index (χ4v) is 1.73. The maximum atomic E-state index is 11.6. The zero-order chi connectivity index (χ0) is 11.3. The molecule has 0 aliphatic carbocycles. The maximum absolute atomic E-state index is 11.6. The van der Waals surface area contributed by atoms with Crippen LogP contribution in [0.1, 0.15) is 35.3 Å². The number of hydrogen-bond acceptors (Lipinski definition) is 4. The quantitative estimate of drug-likeness (QED) is 0.847. The second-order valence-electron chi connectivity index (χ2n) is 3.19. The monoisotopic (exact) mass is 223 g/mol. The first-order valence-electron chi connectivity index (χ1n) is 4.77. The third kappa shape index (κ3) is 3.33. The van der Waals surface area contributed by atoms with Crippen molar-refractivity contribution in [2.75, 3.05) is 0 Å². The van der Waals surface area contributed by atoms with Crippen molar-refractivity contribution in [1.29, 1.82) is 5.26 Å². The van der Waals surface area contributed by atoms with Crippen LogP contribution in [0.15, 0.2) is 5.38 Å². The predicted molar refractivity (Wildman–Crippen MR) is 58.6 cm³/mol. The van der Waals surface area contributed by atoms with E-state index in [9.17, 15) is 4.79 Å². The van der Waals surface area contributed by atoms with E-state index in [0.717, 1.165) is 11.4 Å². The first-order valence-corrected chi connectivity index (χ1v) is 5.65. The summed E-state index contributed by atoms with van der Waals surface area (Å²) in [4.78, 5) is 15.7. The predicted octanol–water partition coefficient (Wildman–Crippen LogP) is 1.87. The van der Waals surface area contributed by atoms with Gasteiger partial charge in [0.25, 0.3) is 5.91 Å². The van der Waals surface area contributed by atoms with Gasteiger partial charge in [-0.25, -0.2) is 4.98 Å². The van der Waals surface area contributed by atoms with E-state index in [4.69, 9.17) is 5.26 Å². The Kier molecular flexibility index (Phi) is 4.25. The second kappa shape index (κ2) is 5.47. The number of nitriles is 1. The molecule has 15 heavy (non-hydrogen) atoms. The normalized spacial score (nSPS) is 11.8. The van der Waals surface area contributed by atoms with Crippen molar-refractivity contribution in [1.82, 2.24) is 10.3 Å². The lowest BCUT2D eigenvalue weighted by molar-refractivity contribution is 0.0932. The molecule has 0 aliphatic rings. The van der Waals surface area contributed by atoms with E-state index in [1.54, 1.807) is 5.38 Å². The number of hydrogen-bond donors (Lipinski definition) is 1. The number of carbonyl (C=O) groups is 1. The van der Waals surface area contributed by atoms with Gasteiger partial charge in [-0.3, -0.25) is 4.79 Å². The van der Waals surface area contributed by atoms with Crippen LogP contribution in [0.2, 0.25) is 0 Å². The van der Waals surface area contributed by atoms with Crippen LogP contribution in [-0.2, 0) is 0 Å². The number of rotatable bonds is 4.